The number of unbranched alkanes of at least 4 members (excludes halogenated alkanes) is 46. The van der Waals surface area contributed by atoms with E-state index in [0.717, 1.165) is 38.5 Å². The van der Waals surface area contributed by atoms with Crippen molar-refractivity contribution in [2.24, 2.45) is 0 Å². The average molecular weight is 935 g/mol. The van der Waals surface area contributed by atoms with Crippen molar-refractivity contribution in [3.05, 3.63) is 0 Å². The van der Waals surface area contributed by atoms with Crippen LogP contribution >= 0.6 is 0 Å². The second kappa shape index (κ2) is 56.4. The molecule has 2 atom stereocenters. The monoisotopic (exact) mass is 934 g/mol. The minimum atomic E-state index is -0.661. The Bertz CT molecular complexity index is 944. The minimum Gasteiger partial charge on any atom is -0.466 e. The molecule has 0 saturated carbocycles. The van der Waals surface area contributed by atoms with Gasteiger partial charge in [-0.1, -0.05) is 309 Å². The predicted octanol–water partition coefficient (Wildman–Crippen LogP) is 18.7. The number of carbonyl (C=O) groups excluding carboxylic acids is 2. The average Bonchev–Trinajstić information content (AvgIpc) is 3.32. The third-order valence-corrected chi connectivity index (χ3v) is 14.4. The molecule has 394 valence electrons. The third kappa shape index (κ3) is 52.2. The highest BCUT2D eigenvalue weighted by atomic mass is 16.5. The molecular formula is C60H119NO5. The van der Waals surface area contributed by atoms with Crippen LogP contribution < -0.4 is 5.32 Å². The zero-order valence-corrected chi connectivity index (χ0v) is 45.0. The molecule has 6 heteroatoms. The molecule has 0 saturated heterocycles. The molecule has 0 bridgehead atoms. The maximum absolute atomic E-state index is 12.4. The number of aliphatic hydroxyl groups excluding tert-OH is 2. The van der Waals surface area contributed by atoms with Crippen molar-refractivity contribution >= 4 is 11.9 Å². The number of esters is 1. The first-order chi connectivity index (χ1) is 32.5. The zero-order chi connectivity index (χ0) is 47.9. The van der Waals surface area contributed by atoms with E-state index in [1.54, 1.807) is 0 Å². The second-order valence-corrected chi connectivity index (χ2v) is 21.1. The first-order valence-corrected chi connectivity index (χ1v) is 30.3. The fraction of sp³-hybridized carbons (Fsp3) is 0.967. The van der Waals surface area contributed by atoms with Crippen molar-refractivity contribution in [2.45, 2.75) is 360 Å². The van der Waals surface area contributed by atoms with Crippen molar-refractivity contribution in [3.8, 4) is 0 Å². The fourth-order valence-corrected chi connectivity index (χ4v) is 9.76. The number of carbonyl (C=O) groups is 2. The molecule has 0 aromatic rings. The van der Waals surface area contributed by atoms with Crippen LogP contribution in [0.2, 0.25) is 0 Å². The van der Waals surface area contributed by atoms with Gasteiger partial charge in [0.15, 0.2) is 0 Å². The molecule has 2 unspecified atom stereocenters. The number of hydrogen-bond acceptors (Lipinski definition) is 5. The van der Waals surface area contributed by atoms with Crippen molar-refractivity contribution < 1.29 is 24.5 Å². The molecule has 0 aromatic heterocycles. The molecule has 0 rings (SSSR count). The van der Waals surface area contributed by atoms with Gasteiger partial charge in [0.05, 0.1) is 25.4 Å². The Balaban J connectivity index is 3.32. The van der Waals surface area contributed by atoms with E-state index >= 15 is 0 Å². The Morgan fingerprint density at radius 1 is 0.364 bits per heavy atom. The Morgan fingerprint density at radius 3 is 0.924 bits per heavy atom. The molecule has 0 radical (unpaired) electrons. The SMILES string of the molecule is CCCCCCCCCCCCCCCCCCCC(=O)OCCCCCCCCCCCCCCCCCCCCCCCCC(=O)NC(CO)C(O)CCCCCCCCCCCC. The van der Waals surface area contributed by atoms with Crippen LogP contribution in [0.5, 0.6) is 0 Å². The Labute approximate surface area is 413 Å². The van der Waals surface area contributed by atoms with Crippen LogP contribution in [0.15, 0.2) is 0 Å². The van der Waals surface area contributed by atoms with Crippen LogP contribution in [-0.4, -0.2) is 47.4 Å². The Morgan fingerprint density at radius 2 is 0.621 bits per heavy atom. The van der Waals surface area contributed by atoms with Crippen molar-refractivity contribution in [1.82, 2.24) is 5.32 Å². The summed E-state index contributed by atoms with van der Waals surface area (Å²) in [5.41, 5.74) is 0. The normalized spacial score (nSPS) is 12.5. The molecule has 66 heavy (non-hydrogen) atoms. The Kier molecular flexibility index (Phi) is 55.5. The van der Waals surface area contributed by atoms with Gasteiger partial charge in [-0.25, -0.2) is 0 Å². The van der Waals surface area contributed by atoms with Gasteiger partial charge in [-0.2, -0.15) is 0 Å². The standard InChI is InChI=1S/C60H119NO5/c1-3-5-7-9-11-13-15-16-17-24-28-31-34-38-42-46-50-54-60(65)66-55-51-47-43-39-35-32-29-26-23-21-19-18-20-22-25-27-30-33-37-41-45-49-53-59(64)61-57(56-62)58(63)52-48-44-40-36-14-12-10-8-6-4-2/h57-58,62-63H,3-56H2,1-2H3,(H,61,64). The summed E-state index contributed by atoms with van der Waals surface area (Å²) in [5.74, 6) is -0.0169. The number of rotatable bonds is 57. The highest BCUT2D eigenvalue weighted by molar-refractivity contribution is 5.76. The quantitative estimate of drug-likeness (QED) is 0.0417. The van der Waals surface area contributed by atoms with Gasteiger partial charge in [0, 0.05) is 12.8 Å². The topological polar surface area (TPSA) is 95.9 Å². The first-order valence-electron chi connectivity index (χ1n) is 30.3. The molecule has 0 aliphatic carbocycles. The zero-order valence-electron chi connectivity index (χ0n) is 45.0. The summed E-state index contributed by atoms with van der Waals surface area (Å²) in [6, 6.07) is -0.538. The summed E-state index contributed by atoms with van der Waals surface area (Å²) >= 11 is 0. The lowest BCUT2D eigenvalue weighted by molar-refractivity contribution is -0.143. The van der Waals surface area contributed by atoms with Crippen LogP contribution in [0.3, 0.4) is 0 Å². The molecule has 1 amide bonds. The van der Waals surface area contributed by atoms with E-state index in [0.29, 0.717) is 25.9 Å². The van der Waals surface area contributed by atoms with Gasteiger partial charge in [-0.05, 0) is 25.7 Å². The molecule has 0 spiro atoms. The van der Waals surface area contributed by atoms with E-state index in [1.165, 1.54) is 276 Å². The summed E-state index contributed by atoms with van der Waals surface area (Å²) in [4.78, 5) is 24.5. The van der Waals surface area contributed by atoms with Gasteiger partial charge in [0.1, 0.15) is 0 Å². The van der Waals surface area contributed by atoms with Crippen LogP contribution in [0, 0.1) is 0 Å². The van der Waals surface area contributed by atoms with E-state index in [9.17, 15) is 19.8 Å². The van der Waals surface area contributed by atoms with Gasteiger partial charge in [-0.15, -0.1) is 0 Å². The molecular weight excluding hydrogens is 815 g/mol. The molecule has 0 heterocycles. The molecule has 0 fully saturated rings. The molecule has 0 aromatic carbocycles. The number of amides is 1. The summed E-state index contributed by atoms with van der Waals surface area (Å²) < 4.78 is 5.50. The van der Waals surface area contributed by atoms with Crippen molar-refractivity contribution in [1.29, 1.82) is 0 Å². The third-order valence-electron chi connectivity index (χ3n) is 14.4. The first kappa shape index (κ1) is 64.9. The van der Waals surface area contributed by atoms with Crippen LogP contribution in [0.4, 0.5) is 0 Å². The highest BCUT2D eigenvalue weighted by Crippen LogP contribution is 2.18. The predicted molar refractivity (Wildman–Crippen MR) is 287 cm³/mol. The summed E-state index contributed by atoms with van der Waals surface area (Å²) in [7, 11) is 0. The van der Waals surface area contributed by atoms with Gasteiger partial charge in [0.25, 0.3) is 0 Å². The Hall–Kier alpha value is -1.14. The highest BCUT2D eigenvalue weighted by Gasteiger charge is 2.20. The van der Waals surface area contributed by atoms with Gasteiger partial charge in [-0.3, -0.25) is 9.59 Å². The van der Waals surface area contributed by atoms with Crippen LogP contribution in [-0.2, 0) is 14.3 Å². The molecule has 6 nitrogen and oxygen atoms in total. The largest absolute Gasteiger partial charge is 0.466 e. The van der Waals surface area contributed by atoms with E-state index in [-0.39, 0.29) is 18.5 Å². The molecule has 0 aliphatic rings. The molecule has 0 aliphatic heterocycles. The van der Waals surface area contributed by atoms with Crippen LogP contribution in [0.1, 0.15) is 348 Å². The number of hydrogen-bond donors (Lipinski definition) is 3. The van der Waals surface area contributed by atoms with Crippen molar-refractivity contribution in [3.63, 3.8) is 0 Å². The maximum atomic E-state index is 12.4. The lowest BCUT2D eigenvalue weighted by Crippen LogP contribution is -2.45. The smallest absolute Gasteiger partial charge is 0.305 e. The summed E-state index contributed by atoms with van der Waals surface area (Å²) in [6.45, 7) is 4.97. The van der Waals surface area contributed by atoms with E-state index < -0.39 is 12.1 Å². The van der Waals surface area contributed by atoms with Gasteiger partial charge < -0.3 is 20.3 Å². The lowest BCUT2D eigenvalue weighted by Gasteiger charge is -2.22. The van der Waals surface area contributed by atoms with Gasteiger partial charge >= 0.3 is 5.97 Å². The van der Waals surface area contributed by atoms with Gasteiger partial charge in [0.2, 0.25) is 5.91 Å². The number of ether oxygens (including phenoxy) is 1. The minimum absolute atomic E-state index is 0.0180. The van der Waals surface area contributed by atoms with E-state index in [4.69, 9.17) is 4.74 Å². The fourth-order valence-electron chi connectivity index (χ4n) is 9.76. The number of aliphatic hydroxyl groups is 2. The van der Waals surface area contributed by atoms with Crippen LogP contribution in [0.25, 0.3) is 0 Å². The maximum Gasteiger partial charge on any atom is 0.305 e. The second-order valence-electron chi connectivity index (χ2n) is 21.1. The summed E-state index contributed by atoms with van der Waals surface area (Å²) in [5, 5.41) is 23.1. The summed E-state index contributed by atoms with van der Waals surface area (Å²) in [6.07, 6.45) is 65.4. The van der Waals surface area contributed by atoms with E-state index in [1.807, 2.05) is 0 Å². The lowest BCUT2D eigenvalue weighted by atomic mass is 10.0. The van der Waals surface area contributed by atoms with E-state index in [2.05, 4.69) is 19.2 Å². The number of nitrogens with one attached hydrogen (secondary N) is 1. The molecule has 3 N–H and O–H groups in total. The van der Waals surface area contributed by atoms with Crippen molar-refractivity contribution in [2.75, 3.05) is 13.2 Å².